The third-order valence-corrected chi connectivity index (χ3v) is 1.99. The molecule has 6 N–H and O–H groups in total. The molecule has 0 spiro atoms. The Hall–Kier alpha value is -1.18. The Bertz CT molecular complexity index is 210. The molecule has 88 valence electrons. The molecule has 2 amide bonds. The highest BCUT2D eigenvalue weighted by Gasteiger charge is 2.11. The molecule has 0 saturated carbocycles. The average Bonchev–Trinajstić information content (AvgIpc) is 2.26. The van der Waals surface area contributed by atoms with E-state index in [0.717, 1.165) is 6.42 Å². The van der Waals surface area contributed by atoms with E-state index in [1.165, 1.54) is 11.0 Å². The van der Waals surface area contributed by atoms with Crippen LogP contribution in [0.4, 0.5) is 0 Å². The van der Waals surface area contributed by atoms with Gasteiger partial charge in [0, 0.05) is 6.42 Å². The second-order valence-corrected chi connectivity index (χ2v) is 3.22. The first kappa shape index (κ1) is 13.8. The van der Waals surface area contributed by atoms with Crippen LogP contribution >= 0.6 is 0 Å². The lowest BCUT2D eigenvalue weighted by atomic mass is 10.1. The predicted molar refractivity (Wildman–Crippen MR) is 50.9 cm³/mol. The van der Waals surface area contributed by atoms with Crippen LogP contribution in [0.2, 0.25) is 0 Å². The van der Waals surface area contributed by atoms with E-state index in [-0.39, 0.29) is 6.42 Å². The molecule has 0 bridgehead atoms. The Kier molecular flexibility index (Phi) is 7.51. The molecule has 0 aromatic carbocycles. The van der Waals surface area contributed by atoms with E-state index in [1.54, 1.807) is 0 Å². The molecule has 7 heteroatoms. The van der Waals surface area contributed by atoms with Crippen LogP contribution in [0.3, 0.4) is 0 Å². The minimum absolute atomic E-state index is 0.248. The van der Waals surface area contributed by atoms with Crippen LogP contribution < -0.4 is 16.7 Å². The zero-order valence-electron chi connectivity index (χ0n) is 8.40. The highest BCUT2D eigenvalue weighted by molar-refractivity contribution is 5.80. The summed E-state index contributed by atoms with van der Waals surface area (Å²) >= 11 is 0. The summed E-state index contributed by atoms with van der Waals surface area (Å²) in [5, 5.41) is 16.4. The molecule has 0 aromatic rings. The van der Waals surface area contributed by atoms with Gasteiger partial charge in [-0.15, -0.1) is 0 Å². The second kappa shape index (κ2) is 8.16. The van der Waals surface area contributed by atoms with E-state index in [0.29, 0.717) is 19.3 Å². The van der Waals surface area contributed by atoms with Crippen molar-refractivity contribution in [3.05, 3.63) is 0 Å². The quantitative estimate of drug-likeness (QED) is 0.219. The van der Waals surface area contributed by atoms with E-state index in [9.17, 15) is 9.59 Å². The van der Waals surface area contributed by atoms with Gasteiger partial charge < -0.3 is 5.73 Å². The van der Waals surface area contributed by atoms with Gasteiger partial charge in [0.1, 0.15) is 0 Å². The highest BCUT2D eigenvalue weighted by atomic mass is 16.5. The topological polar surface area (TPSA) is 125 Å². The molecule has 0 radical (unpaired) electrons. The Labute approximate surface area is 87.6 Å². The Morgan fingerprint density at radius 1 is 1.13 bits per heavy atom. The predicted octanol–water partition coefficient (Wildman–Crippen LogP) is -0.725. The summed E-state index contributed by atoms with van der Waals surface area (Å²) in [6.45, 7) is 0. The Morgan fingerprint density at radius 3 is 2.33 bits per heavy atom. The van der Waals surface area contributed by atoms with Crippen molar-refractivity contribution in [2.45, 2.75) is 38.1 Å². The van der Waals surface area contributed by atoms with E-state index in [4.69, 9.17) is 16.1 Å². The Balaban J connectivity index is 3.38. The molecule has 7 nitrogen and oxygen atoms in total. The molecule has 0 fully saturated rings. The summed E-state index contributed by atoms with van der Waals surface area (Å²) in [5.74, 6) is -1.03. The number of carbonyl (C=O) groups is 2. The zero-order chi connectivity index (χ0) is 11.7. The first-order valence-corrected chi connectivity index (χ1v) is 4.74. The van der Waals surface area contributed by atoms with Crippen LogP contribution in [0.25, 0.3) is 0 Å². The maximum Gasteiger partial charge on any atom is 0.260 e. The SMILES string of the molecule is N[C@@H](CCCCCC(=O)NO)C(=O)NO. The number of unbranched alkanes of at least 4 members (excludes halogenated alkanes) is 2. The number of nitrogens with two attached hydrogens (primary N) is 1. The van der Waals surface area contributed by atoms with Crippen molar-refractivity contribution >= 4 is 11.8 Å². The minimum Gasteiger partial charge on any atom is -0.320 e. The molecule has 0 saturated heterocycles. The Morgan fingerprint density at radius 2 is 1.80 bits per heavy atom. The second-order valence-electron chi connectivity index (χ2n) is 3.22. The van der Waals surface area contributed by atoms with Crippen molar-refractivity contribution in [2.75, 3.05) is 0 Å². The molecule has 0 rings (SSSR count). The van der Waals surface area contributed by atoms with Crippen LogP contribution in [-0.2, 0) is 9.59 Å². The maximum atomic E-state index is 10.7. The lowest BCUT2D eigenvalue weighted by molar-refractivity contribution is -0.131. The lowest BCUT2D eigenvalue weighted by Crippen LogP contribution is -2.38. The number of carbonyl (C=O) groups excluding carboxylic acids is 2. The van der Waals surface area contributed by atoms with Crippen LogP contribution in [0, 0.1) is 0 Å². The summed E-state index contributed by atoms with van der Waals surface area (Å²) in [7, 11) is 0. The maximum absolute atomic E-state index is 10.7. The van der Waals surface area contributed by atoms with Crippen LogP contribution in [0.5, 0.6) is 0 Å². The van der Waals surface area contributed by atoms with Crippen molar-refractivity contribution in [3.63, 3.8) is 0 Å². The number of rotatable bonds is 7. The van der Waals surface area contributed by atoms with Gasteiger partial charge >= 0.3 is 0 Å². The molecule has 0 aromatic heterocycles. The number of hydroxylamine groups is 2. The summed E-state index contributed by atoms with van der Waals surface area (Å²) < 4.78 is 0. The summed E-state index contributed by atoms with van der Waals surface area (Å²) in [4.78, 5) is 21.3. The molecule has 0 heterocycles. The van der Waals surface area contributed by atoms with Crippen molar-refractivity contribution in [1.29, 1.82) is 0 Å². The average molecular weight is 219 g/mol. The smallest absolute Gasteiger partial charge is 0.260 e. The highest BCUT2D eigenvalue weighted by Crippen LogP contribution is 2.04. The van der Waals surface area contributed by atoms with Crippen molar-refractivity contribution < 1.29 is 20.0 Å². The fourth-order valence-electron chi connectivity index (χ4n) is 1.10. The third kappa shape index (κ3) is 6.83. The van der Waals surface area contributed by atoms with Crippen molar-refractivity contribution in [3.8, 4) is 0 Å². The first-order chi connectivity index (χ1) is 7.11. The summed E-state index contributed by atoms with van der Waals surface area (Å²) in [6.07, 6.45) is 2.75. The van der Waals surface area contributed by atoms with E-state index >= 15 is 0 Å². The van der Waals surface area contributed by atoms with Gasteiger partial charge in [-0.05, 0) is 12.8 Å². The lowest BCUT2D eigenvalue weighted by Gasteiger charge is -2.08. The monoisotopic (exact) mass is 219 g/mol. The molecule has 1 atom stereocenters. The van der Waals surface area contributed by atoms with Crippen LogP contribution in [0.1, 0.15) is 32.1 Å². The fourth-order valence-corrected chi connectivity index (χ4v) is 1.10. The molecule has 0 aliphatic carbocycles. The van der Waals surface area contributed by atoms with Gasteiger partial charge in [0.25, 0.3) is 5.91 Å². The minimum atomic E-state index is -0.721. The van der Waals surface area contributed by atoms with Gasteiger partial charge in [-0.1, -0.05) is 12.8 Å². The summed E-state index contributed by atoms with van der Waals surface area (Å²) in [6, 6.07) is -0.721. The van der Waals surface area contributed by atoms with E-state index in [1.807, 2.05) is 0 Å². The van der Waals surface area contributed by atoms with Gasteiger partial charge in [-0.3, -0.25) is 20.0 Å². The third-order valence-electron chi connectivity index (χ3n) is 1.99. The number of nitrogens with one attached hydrogen (secondary N) is 2. The molecule has 0 aliphatic heterocycles. The van der Waals surface area contributed by atoms with E-state index in [2.05, 4.69) is 0 Å². The van der Waals surface area contributed by atoms with Crippen LogP contribution in [-0.4, -0.2) is 28.3 Å². The van der Waals surface area contributed by atoms with Gasteiger partial charge in [0.05, 0.1) is 6.04 Å². The fraction of sp³-hybridized carbons (Fsp3) is 0.750. The van der Waals surface area contributed by atoms with Gasteiger partial charge in [-0.25, -0.2) is 11.0 Å². The van der Waals surface area contributed by atoms with Gasteiger partial charge in [0.2, 0.25) is 5.91 Å². The van der Waals surface area contributed by atoms with Gasteiger partial charge in [-0.2, -0.15) is 0 Å². The molecular formula is C8H17N3O4. The van der Waals surface area contributed by atoms with Gasteiger partial charge in [0.15, 0.2) is 0 Å². The number of hydrogen-bond acceptors (Lipinski definition) is 5. The summed E-state index contributed by atoms with van der Waals surface area (Å²) in [5.41, 5.74) is 8.41. The largest absolute Gasteiger partial charge is 0.320 e. The first-order valence-electron chi connectivity index (χ1n) is 4.74. The normalized spacial score (nSPS) is 11.9. The zero-order valence-corrected chi connectivity index (χ0v) is 8.40. The molecule has 0 aliphatic rings. The molecular weight excluding hydrogens is 202 g/mol. The molecule has 15 heavy (non-hydrogen) atoms. The number of amides is 2. The number of hydrogen-bond donors (Lipinski definition) is 5. The molecule has 0 unspecified atom stereocenters. The van der Waals surface area contributed by atoms with Crippen molar-refractivity contribution in [2.24, 2.45) is 5.73 Å². The van der Waals surface area contributed by atoms with Crippen molar-refractivity contribution in [1.82, 2.24) is 11.0 Å². The standard InChI is InChI=1S/C8H17N3O4/c9-6(8(13)11-15)4-2-1-3-5-7(12)10-14/h6,14-15H,1-5,9H2,(H,10,12)(H,11,13)/t6-/m0/s1. The van der Waals surface area contributed by atoms with E-state index < -0.39 is 17.9 Å². The van der Waals surface area contributed by atoms with Crippen LogP contribution in [0.15, 0.2) is 0 Å².